The van der Waals surface area contributed by atoms with E-state index in [4.69, 9.17) is 0 Å². The van der Waals surface area contributed by atoms with Gasteiger partial charge in [-0.3, -0.25) is 9.89 Å². The maximum atomic E-state index is 4.15. The molecule has 0 aliphatic carbocycles. The summed E-state index contributed by atoms with van der Waals surface area (Å²) in [6.45, 7) is 9.09. The van der Waals surface area contributed by atoms with E-state index in [9.17, 15) is 0 Å². The number of aliphatic imine (C=N–C) groups is 1. The molecule has 0 aromatic rings. The van der Waals surface area contributed by atoms with Gasteiger partial charge in [0.1, 0.15) is 0 Å². The molecule has 0 amide bonds. The van der Waals surface area contributed by atoms with Crippen LogP contribution in [0, 0.1) is 5.92 Å². The molecule has 1 rings (SSSR count). The van der Waals surface area contributed by atoms with Crippen molar-refractivity contribution in [1.29, 1.82) is 0 Å². The second kappa shape index (κ2) is 7.32. The Hall–Kier alpha value is -0.0400. The molecular formula is C11H25IN4. The third kappa shape index (κ3) is 4.08. The van der Waals surface area contributed by atoms with Crippen LogP contribution in [0.3, 0.4) is 0 Å². The van der Waals surface area contributed by atoms with Crippen LogP contribution in [0.1, 0.15) is 20.8 Å². The van der Waals surface area contributed by atoms with Crippen LogP contribution in [0.4, 0.5) is 0 Å². The summed E-state index contributed by atoms with van der Waals surface area (Å²) in [5.74, 6) is 1.56. The van der Waals surface area contributed by atoms with Gasteiger partial charge < -0.3 is 10.6 Å². The van der Waals surface area contributed by atoms with E-state index in [-0.39, 0.29) is 24.0 Å². The van der Waals surface area contributed by atoms with E-state index in [1.54, 1.807) is 7.05 Å². The van der Waals surface area contributed by atoms with Crippen molar-refractivity contribution in [3.05, 3.63) is 0 Å². The number of guanidine groups is 1. The summed E-state index contributed by atoms with van der Waals surface area (Å²) in [4.78, 5) is 6.66. The molecule has 0 bridgehead atoms. The van der Waals surface area contributed by atoms with Gasteiger partial charge in [0, 0.05) is 39.3 Å². The Morgan fingerprint density at radius 1 is 1.38 bits per heavy atom. The Bertz CT molecular complexity index is 230. The summed E-state index contributed by atoms with van der Waals surface area (Å²) in [6, 6.07) is 1.15. The van der Waals surface area contributed by atoms with Crippen LogP contribution in [0.5, 0.6) is 0 Å². The van der Waals surface area contributed by atoms with Crippen LogP contribution >= 0.6 is 24.0 Å². The largest absolute Gasteiger partial charge is 0.359 e. The Balaban J connectivity index is 0.00000225. The molecule has 4 nitrogen and oxygen atoms in total. The fraction of sp³-hybridized carbons (Fsp3) is 0.909. The smallest absolute Gasteiger partial charge is 0.190 e. The molecule has 16 heavy (non-hydrogen) atoms. The molecule has 0 spiro atoms. The molecule has 0 saturated carbocycles. The first kappa shape index (κ1) is 16.0. The van der Waals surface area contributed by atoms with Crippen LogP contribution < -0.4 is 10.6 Å². The number of halogens is 1. The lowest BCUT2D eigenvalue weighted by atomic mass is 10.1. The molecule has 2 atom stereocenters. The monoisotopic (exact) mass is 340 g/mol. The predicted octanol–water partition coefficient (Wildman–Crippen LogP) is 1.13. The van der Waals surface area contributed by atoms with Gasteiger partial charge in [0.15, 0.2) is 5.96 Å². The molecule has 1 aliphatic heterocycles. The minimum atomic E-state index is 0. The molecule has 0 aromatic carbocycles. The van der Waals surface area contributed by atoms with Crippen molar-refractivity contribution in [2.75, 3.05) is 27.2 Å². The van der Waals surface area contributed by atoms with Gasteiger partial charge in [-0.05, 0) is 19.8 Å². The highest BCUT2D eigenvalue weighted by Crippen LogP contribution is 2.18. The summed E-state index contributed by atoms with van der Waals surface area (Å²) in [5, 5.41) is 6.51. The lowest BCUT2D eigenvalue weighted by Crippen LogP contribution is -2.45. The normalized spacial score (nSPS) is 26.8. The highest BCUT2D eigenvalue weighted by atomic mass is 127. The SMILES string of the molecule is CN=C(NC)NC1CN(C(C)C)CC1C.I. The third-order valence-electron chi connectivity index (χ3n) is 3.15. The van der Waals surface area contributed by atoms with Crippen molar-refractivity contribution in [2.45, 2.75) is 32.9 Å². The van der Waals surface area contributed by atoms with E-state index in [1.807, 2.05) is 7.05 Å². The van der Waals surface area contributed by atoms with Crippen molar-refractivity contribution >= 4 is 29.9 Å². The number of nitrogens with one attached hydrogen (secondary N) is 2. The van der Waals surface area contributed by atoms with E-state index >= 15 is 0 Å². The van der Waals surface area contributed by atoms with Crippen LogP contribution in [-0.4, -0.2) is 50.1 Å². The minimum Gasteiger partial charge on any atom is -0.359 e. The van der Waals surface area contributed by atoms with Gasteiger partial charge in [-0.2, -0.15) is 0 Å². The van der Waals surface area contributed by atoms with E-state index in [1.165, 1.54) is 6.54 Å². The number of hydrogen-bond donors (Lipinski definition) is 2. The third-order valence-corrected chi connectivity index (χ3v) is 3.15. The number of rotatable bonds is 2. The first-order valence-electron chi connectivity index (χ1n) is 5.73. The van der Waals surface area contributed by atoms with E-state index in [2.05, 4.69) is 41.3 Å². The van der Waals surface area contributed by atoms with Crippen molar-refractivity contribution in [2.24, 2.45) is 10.9 Å². The van der Waals surface area contributed by atoms with Gasteiger partial charge in [-0.15, -0.1) is 24.0 Å². The highest BCUT2D eigenvalue weighted by Gasteiger charge is 2.31. The second-order valence-corrected chi connectivity index (χ2v) is 4.60. The van der Waals surface area contributed by atoms with Gasteiger partial charge in [-0.1, -0.05) is 6.92 Å². The van der Waals surface area contributed by atoms with E-state index < -0.39 is 0 Å². The molecule has 5 heteroatoms. The van der Waals surface area contributed by atoms with Gasteiger partial charge >= 0.3 is 0 Å². The van der Waals surface area contributed by atoms with E-state index in [0.29, 0.717) is 18.0 Å². The van der Waals surface area contributed by atoms with Gasteiger partial charge in [0.2, 0.25) is 0 Å². The molecule has 1 aliphatic rings. The zero-order valence-electron chi connectivity index (χ0n) is 10.9. The summed E-state index contributed by atoms with van der Waals surface area (Å²) in [6.07, 6.45) is 0. The predicted molar refractivity (Wildman–Crippen MR) is 80.6 cm³/mol. The fourth-order valence-electron chi connectivity index (χ4n) is 2.04. The molecular weight excluding hydrogens is 315 g/mol. The van der Waals surface area contributed by atoms with E-state index in [0.717, 1.165) is 12.5 Å². The summed E-state index contributed by atoms with van der Waals surface area (Å²) in [5.41, 5.74) is 0. The van der Waals surface area contributed by atoms with Crippen LogP contribution in [-0.2, 0) is 0 Å². The highest BCUT2D eigenvalue weighted by molar-refractivity contribution is 14.0. The van der Waals surface area contributed by atoms with Crippen molar-refractivity contribution in [3.8, 4) is 0 Å². The summed E-state index contributed by atoms with van der Waals surface area (Å²) < 4.78 is 0. The lowest BCUT2D eigenvalue weighted by molar-refractivity contribution is 0.265. The molecule has 1 saturated heterocycles. The average Bonchev–Trinajstić information content (AvgIpc) is 2.56. The number of hydrogen-bond acceptors (Lipinski definition) is 2. The maximum absolute atomic E-state index is 4.15. The molecule has 0 aromatic heterocycles. The molecule has 1 heterocycles. The van der Waals surface area contributed by atoms with Crippen LogP contribution in [0.15, 0.2) is 4.99 Å². The number of likely N-dealkylation sites (tertiary alicyclic amines) is 1. The topological polar surface area (TPSA) is 39.7 Å². The molecule has 2 unspecified atom stereocenters. The van der Waals surface area contributed by atoms with Crippen molar-refractivity contribution in [1.82, 2.24) is 15.5 Å². The Morgan fingerprint density at radius 2 is 2.00 bits per heavy atom. The summed E-state index contributed by atoms with van der Waals surface area (Å²) in [7, 11) is 3.70. The molecule has 1 fully saturated rings. The Labute approximate surface area is 116 Å². The average molecular weight is 340 g/mol. The van der Waals surface area contributed by atoms with Gasteiger partial charge in [-0.25, -0.2) is 0 Å². The van der Waals surface area contributed by atoms with Crippen LogP contribution in [0.25, 0.3) is 0 Å². The lowest BCUT2D eigenvalue weighted by Gasteiger charge is -2.21. The van der Waals surface area contributed by atoms with Crippen LogP contribution in [0.2, 0.25) is 0 Å². The quantitative estimate of drug-likeness (QED) is 0.450. The Kier molecular flexibility index (Phi) is 7.30. The minimum absolute atomic E-state index is 0. The first-order valence-corrected chi connectivity index (χ1v) is 5.73. The zero-order chi connectivity index (χ0) is 11.4. The van der Waals surface area contributed by atoms with Crippen molar-refractivity contribution in [3.63, 3.8) is 0 Å². The fourth-order valence-corrected chi connectivity index (χ4v) is 2.04. The zero-order valence-corrected chi connectivity index (χ0v) is 13.3. The first-order chi connectivity index (χ1) is 7.08. The maximum Gasteiger partial charge on any atom is 0.190 e. The molecule has 0 radical (unpaired) electrons. The molecule has 96 valence electrons. The Morgan fingerprint density at radius 3 is 2.38 bits per heavy atom. The standard InChI is InChI=1S/C11H24N4.HI/c1-8(2)15-6-9(3)10(7-15)14-11(12-4)13-5;/h8-10H,6-7H2,1-5H3,(H2,12,13,14);1H. The van der Waals surface area contributed by atoms with Gasteiger partial charge in [0.05, 0.1) is 0 Å². The molecule has 2 N–H and O–H groups in total. The van der Waals surface area contributed by atoms with Gasteiger partial charge in [0.25, 0.3) is 0 Å². The van der Waals surface area contributed by atoms with Crippen molar-refractivity contribution < 1.29 is 0 Å². The second-order valence-electron chi connectivity index (χ2n) is 4.60. The summed E-state index contributed by atoms with van der Waals surface area (Å²) >= 11 is 0. The number of nitrogens with zero attached hydrogens (tertiary/aromatic N) is 2.